The lowest BCUT2D eigenvalue weighted by Crippen LogP contribution is -2.50. The Hall–Kier alpha value is -1.43. The molecule has 0 aromatic rings. The molecule has 3 amide bonds. The Kier molecular flexibility index (Phi) is 4.98. The van der Waals surface area contributed by atoms with Crippen LogP contribution in [0.4, 0.5) is 0 Å². The van der Waals surface area contributed by atoms with E-state index in [2.05, 4.69) is 5.32 Å². The van der Waals surface area contributed by atoms with Crippen molar-refractivity contribution < 1.29 is 14.4 Å². The summed E-state index contributed by atoms with van der Waals surface area (Å²) in [5, 5.41) is 3.04. The van der Waals surface area contributed by atoms with Crippen molar-refractivity contribution in [2.75, 3.05) is 13.1 Å². The zero-order valence-corrected chi connectivity index (χ0v) is 13.1. The first-order valence-corrected chi connectivity index (χ1v) is 7.86. The average Bonchev–Trinajstić information content (AvgIpc) is 3.07. The molecule has 0 spiro atoms. The minimum atomic E-state index is -0.562. The van der Waals surface area contributed by atoms with Crippen LogP contribution >= 0.6 is 0 Å². The fraction of sp³-hybridized carbons (Fsp3) is 0.800. The molecule has 21 heavy (non-hydrogen) atoms. The summed E-state index contributed by atoms with van der Waals surface area (Å²) in [5.74, 6) is -0.321. The molecule has 6 heteroatoms. The highest BCUT2D eigenvalue weighted by Crippen LogP contribution is 2.19. The number of nitrogens with one attached hydrogen (secondary N) is 1. The van der Waals surface area contributed by atoms with Crippen molar-refractivity contribution in [3.05, 3.63) is 0 Å². The third kappa shape index (κ3) is 3.26. The van der Waals surface area contributed by atoms with Gasteiger partial charge in [0.05, 0.1) is 18.5 Å². The van der Waals surface area contributed by atoms with E-state index in [0.29, 0.717) is 0 Å². The van der Waals surface area contributed by atoms with Crippen LogP contribution in [0, 0.1) is 0 Å². The number of hydrogen-bond donors (Lipinski definition) is 1. The van der Waals surface area contributed by atoms with Crippen molar-refractivity contribution in [3.63, 3.8) is 0 Å². The lowest BCUT2D eigenvalue weighted by atomic mass is 10.2. The van der Waals surface area contributed by atoms with Gasteiger partial charge in [-0.25, -0.2) is 0 Å². The van der Waals surface area contributed by atoms with E-state index >= 15 is 0 Å². The molecule has 0 aromatic carbocycles. The number of carbonyl (C=O) groups excluding carboxylic acids is 3. The van der Waals surface area contributed by atoms with Crippen LogP contribution in [0.1, 0.15) is 46.5 Å². The van der Waals surface area contributed by atoms with Gasteiger partial charge in [0.2, 0.25) is 17.7 Å². The molecule has 2 rings (SSSR count). The van der Waals surface area contributed by atoms with Crippen LogP contribution in [-0.4, -0.2) is 58.7 Å². The van der Waals surface area contributed by atoms with Crippen LogP contribution in [0.15, 0.2) is 0 Å². The standard InChI is InChI=1S/C15H25N3O3/c1-4-10(2)18-13(19)9-12(15(18)21)16-11(3)14(20)17-7-5-6-8-17/h10-12,16H,4-9H2,1-3H3. The predicted molar refractivity (Wildman–Crippen MR) is 78.4 cm³/mol. The van der Waals surface area contributed by atoms with Gasteiger partial charge in [-0.05, 0) is 33.1 Å². The summed E-state index contributed by atoms with van der Waals surface area (Å²) in [6.07, 6.45) is 2.98. The van der Waals surface area contributed by atoms with E-state index in [4.69, 9.17) is 0 Å². The van der Waals surface area contributed by atoms with Gasteiger partial charge in [0.15, 0.2) is 0 Å². The van der Waals surface area contributed by atoms with Crippen molar-refractivity contribution in [1.82, 2.24) is 15.1 Å². The Morgan fingerprint density at radius 1 is 1.29 bits per heavy atom. The summed E-state index contributed by atoms with van der Waals surface area (Å²) in [6, 6.07) is -1.07. The Morgan fingerprint density at radius 2 is 1.90 bits per heavy atom. The minimum Gasteiger partial charge on any atom is -0.341 e. The molecule has 2 fully saturated rings. The number of likely N-dealkylation sites (tertiary alicyclic amines) is 2. The molecule has 2 aliphatic rings. The molecule has 6 nitrogen and oxygen atoms in total. The predicted octanol–water partition coefficient (Wildman–Crippen LogP) is 0.513. The molecular formula is C15H25N3O3. The second-order valence-corrected chi connectivity index (χ2v) is 6.04. The first-order chi connectivity index (χ1) is 9.95. The van der Waals surface area contributed by atoms with E-state index in [-0.39, 0.29) is 30.2 Å². The smallest absolute Gasteiger partial charge is 0.247 e. The molecule has 0 saturated carbocycles. The molecule has 0 bridgehead atoms. The molecule has 1 N–H and O–H groups in total. The topological polar surface area (TPSA) is 69.7 Å². The second kappa shape index (κ2) is 6.56. The van der Waals surface area contributed by atoms with E-state index in [1.165, 1.54) is 4.90 Å². The van der Waals surface area contributed by atoms with E-state index in [1.54, 1.807) is 6.92 Å². The molecule has 0 aromatic heterocycles. The van der Waals surface area contributed by atoms with Crippen molar-refractivity contribution in [2.24, 2.45) is 0 Å². The van der Waals surface area contributed by atoms with Gasteiger partial charge in [-0.15, -0.1) is 0 Å². The largest absolute Gasteiger partial charge is 0.341 e. The summed E-state index contributed by atoms with van der Waals surface area (Å²) in [7, 11) is 0. The van der Waals surface area contributed by atoms with Gasteiger partial charge < -0.3 is 4.90 Å². The summed E-state index contributed by atoms with van der Waals surface area (Å²) < 4.78 is 0. The number of imide groups is 1. The number of rotatable bonds is 5. The fourth-order valence-electron chi connectivity index (χ4n) is 3.01. The quantitative estimate of drug-likeness (QED) is 0.751. The van der Waals surface area contributed by atoms with Gasteiger partial charge >= 0.3 is 0 Å². The Labute approximate surface area is 125 Å². The van der Waals surface area contributed by atoms with Crippen LogP contribution in [0.3, 0.4) is 0 Å². The van der Waals surface area contributed by atoms with Crippen molar-refractivity contribution in [1.29, 1.82) is 0 Å². The third-order valence-corrected chi connectivity index (χ3v) is 4.45. The zero-order valence-electron chi connectivity index (χ0n) is 13.1. The van der Waals surface area contributed by atoms with Crippen molar-refractivity contribution >= 4 is 17.7 Å². The second-order valence-electron chi connectivity index (χ2n) is 6.04. The van der Waals surface area contributed by atoms with Gasteiger partial charge in [0.1, 0.15) is 0 Å². The third-order valence-electron chi connectivity index (χ3n) is 4.45. The maximum absolute atomic E-state index is 12.3. The molecule has 0 radical (unpaired) electrons. The van der Waals surface area contributed by atoms with Crippen molar-refractivity contribution in [3.8, 4) is 0 Å². The van der Waals surface area contributed by atoms with Crippen molar-refractivity contribution in [2.45, 2.75) is 64.6 Å². The van der Waals surface area contributed by atoms with E-state index in [9.17, 15) is 14.4 Å². The van der Waals surface area contributed by atoms with Crippen LogP contribution in [0.25, 0.3) is 0 Å². The molecule has 3 atom stereocenters. The van der Waals surface area contributed by atoms with Gasteiger partial charge in [0, 0.05) is 19.1 Å². The van der Waals surface area contributed by atoms with E-state index in [1.807, 2.05) is 18.7 Å². The van der Waals surface area contributed by atoms with E-state index < -0.39 is 12.1 Å². The molecule has 2 saturated heterocycles. The lowest BCUT2D eigenvalue weighted by Gasteiger charge is -2.24. The maximum Gasteiger partial charge on any atom is 0.247 e. The summed E-state index contributed by atoms with van der Waals surface area (Å²) in [6.45, 7) is 7.18. The summed E-state index contributed by atoms with van der Waals surface area (Å²) in [5.41, 5.74) is 0. The number of nitrogens with zero attached hydrogens (tertiary/aromatic N) is 2. The Balaban J connectivity index is 1.95. The van der Waals surface area contributed by atoms with Gasteiger partial charge in [0.25, 0.3) is 0 Å². The summed E-state index contributed by atoms with van der Waals surface area (Å²) in [4.78, 5) is 39.7. The Bertz CT molecular complexity index is 432. The first-order valence-electron chi connectivity index (χ1n) is 7.86. The molecule has 118 valence electrons. The molecular weight excluding hydrogens is 270 g/mol. The SMILES string of the molecule is CCC(C)N1C(=O)CC(NC(C)C(=O)N2CCCC2)C1=O. The van der Waals surface area contributed by atoms with Gasteiger partial charge in [-0.1, -0.05) is 6.92 Å². The van der Waals surface area contributed by atoms with Crippen LogP contribution in [0.5, 0.6) is 0 Å². The highest BCUT2D eigenvalue weighted by atomic mass is 16.2. The lowest BCUT2D eigenvalue weighted by molar-refractivity contribution is -0.141. The van der Waals surface area contributed by atoms with Crippen LogP contribution in [0.2, 0.25) is 0 Å². The molecule has 3 unspecified atom stereocenters. The Morgan fingerprint density at radius 3 is 2.48 bits per heavy atom. The molecule has 2 heterocycles. The average molecular weight is 295 g/mol. The van der Waals surface area contributed by atoms with Crippen LogP contribution in [-0.2, 0) is 14.4 Å². The van der Waals surface area contributed by atoms with Gasteiger partial charge in [-0.2, -0.15) is 0 Å². The zero-order chi connectivity index (χ0) is 15.6. The first kappa shape index (κ1) is 15.9. The van der Waals surface area contributed by atoms with E-state index in [0.717, 1.165) is 32.4 Å². The van der Waals surface area contributed by atoms with Gasteiger partial charge in [-0.3, -0.25) is 24.6 Å². The number of carbonyl (C=O) groups is 3. The monoisotopic (exact) mass is 295 g/mol. The summed E-state index contributed by atoms with van der Waals surface area (Å²) >= 11 is 0. The maximum atomic E-state index is 12.3. The highest BCUT2D eigenvalue weighted by molar-refractivity contribution is 6.06. The molecule has 0 aliphatic carbocycles. The normalized spacial score (nSPS) is 25.6. The minimum absolute atomic E-state index is 0.0229. The fourth-order valence-corrected chi connectivity index (χ4v) is 3.01. The number of hydrogen-bond acceptors (Lipinski definition) is 4. The van der Waals surface area contributed by atoms with Crippen LogP contribution < -0.4 is 5.32 Å². The molecule has 2 aliphatic heterocycles. The highest BCUT2D eigenvalue weighted by Gasteiger charge is 2.41. The number of amides is 3.